The van der Waals surface area contributed by atoms with Gasteiger partial charge in [-0.25, -0.2) is 4.98 Å². The standard InChI is InChI=1S/C10H14N2O3S/c1-5(2)8(9(14)15)16-10-11-6(3)4-7(13)12-10/h4-5,8H,1-3H3,(H,14,15)(H,11,12,13). The molecule has 16 heavy (non-hydrogen) atoms. The molecule has 1 atom stereocenters. The van der Waals surface area contributed by atoms with Crippen LogP contribution in [-0.4, -0.2) is 26.3 Å². The van der Waals surface area contributed by atoms with Crippen LogP contribution in [0.1, 0.15) is 19.5 Å². The van der Waals surface area contributed by atoms with Crippen LogP contribution in [0.25, 0.3) is 0 Å². The summed E-state index contributed by atoms with van der Waals surface area (Å²) in [7, 11) is 0. The van der Waals surface area contributed by atoms with Gasteiger partial charge in [0, 0.05) is 11.8 Å². The molecule has 1 heterocycles. The van der Waals surface area contributed by atoms with Gasteiger partial charge in [-0.15, -0.1) is 0 Å². The number of rotatable bonds is 4. The van der Waals surface area contributed by atoms with Gasteiger partial charge in [0.15, 0.2) is 5.16 Å². The number of nitrogens with zero attached hydrogens (tertiary/aromatic N) is 1. The van der Waals surface area contributed by atoms with Crippen LogP contribution in [-0.2, 0) is 4.79 Å². The van der Waals surface area contributed by atoms with Crippen molar-refractivity contribution in [3.63, 3.8) is 0 Å². The molecule has 0 aliphatic rings. The van der Waals surface area contributed by atoms with E-state index >= 15 is 0 Å². The van der Waals surface area contributed by atoms with Gasteiger partial charge in [-0.05, 0) is 12.8 Å². The van der Waals surface area contributed by atoms with Crippen molar-refractivity contribution in [3.8, 4) is 0 Å². The average molecular weight is 242 g/mol. The van der Waals surface area contributed by atoms with E-state index in [1.807, 2.05) is 13.8 Å². The van der Waals surface area contributed by atoms with E-state index in [0.717, 1.165) is 11.8 Å². The van der Waals surface area contributed by atoms with Crippen molar-refractivity contribution in [2.45, 2.75) is 31.2 Å². The Morgan fingerprint density at radius 1 is 1.56 bits per heavy atom. The molecule has 0 saturated carbocycles. The maximum Gasteiger partial charge on any atom is 0.317 e. The average Bonchev–Trinajstić information content (AvgIpc) is 2.11. The molecule has 88 valence electrons. The molecule has 0 spiro atoms. The molecule has 1 unspecified atom stereocenters. The van der Waals surface area contributed by atoms with E-state index in [9.17, 15) is 9.59 Å². The summed E-state index contributed by atoms with van der Waals surface area (Å²) < 4.78 is 0. The molecular weight excluding hydrogens is 228 g/mol. The third-order valence-corrected chi connectivity index (χ3v) is 3.35. The van der Waals surface area contributed by atoms with Gasteiger partial charge in [-0.2, -0.15) is 0 Å². The van der Waals surface area contributed by atoms with Gasteiger partial charge in [-0.3, -0.25) is 9.59 Å². The molecule has 1 aromatic heterocycles. The first-order valence-corrected chi connectivity index (χ1v) is 5.75. The molecule has 0 amide bonds. The molecule has 0 radical (unpaired) electrons. The van der Waals surface area contributed by atoms with Crippen LogP contribution in [0.3, 0.4) is 0 Å². The Kier molecular flexibility index (Phi) is 4.12. The number of carbonyl (C=O) groups is 1. The molecular formula is C10H14N2O3S. The summed E-state index contributed by atoms with van der Waals surface area (Å²) in [6.07, 6.45) is 0. The van der Waals surface area contributed by atoms with E-state index in [2.05, 4.69) is 9.97 Å². The van der Waals surface area contributed by atoms with Crippen molar-refractivity contribution in [2.75, 3.05) is 0 Å². The fourth-order valence-electron chi connectivity index (χ4n) is 1.20. The first-order chi connectivity index (χ1) is 7.40. The summed E-state index contributed by atoms with van der Waals surface area (Å²) in [5.74, 6) is -0.933. The summed E-state index contributed by atoms with van der Waals surface area (Å²) >= 11 is 1.07. The van der Waals surface area contributed by atoms with Gasteiger partial charge in [-0.1, -0.05) is 25.6 Å². The topological polar surface area (TPSA) is 83.0 Å². The summed E-state index contributed by atoms with van der Waals surface area (Å²) in [5.41, 5.74) is 0.321. The molecule has 0 saturated heterocycles. The highest BCUT2D eigenvalue weighted by Crippen LogP contribution is 2.24. The lowest BCUT2D eigenvalue weighted by Crippen LogP contribution is -2.23. The van der Waals surface area contributed by atoms with E-state index in [1.54, 1.807) is 6.92 Å². The van der Waals surface area contributed by atoms with E-state index in [0.29, 0.717) is 10.9 Å². The number of aromatic nitrogens is 2. The third-order valence-electron chi connectivity index (χ3n) is 1.94. The van der Waals surface area contributed by atoms with Crippen molar-refractivity contribution in [2.24, 2.45) is 5.92 Å². The molecule has 5 nitrogen and oxygen atoms in total. The normalized spacial score (nSPS) is 12.8. The second kappa shape index (κ2) is 5.16. The van der Waals surface area contributed by atoms with Gasteiger partial charge in [0.25, 0.3) is 5.56 Å². The minimum absolute atomic E-state index is 0.0340. The zero-order valence-corrected chi connectivity index (χ0v) is 10.2. The Morgan fingerprint density at radius 2 is 2.19 bits per heavy atom. The zero-order valence-electron chi connectivity index (χ0n) is 9.35. The Morgan fingerprint density at radius 3 is 2.62 bits per heavy atom. The highest BCUT2D eigenvalue weighted by Gasteiger charge is 2.23. The predicted molar refractivity (Wildman–Crippen MR) is 61.7 cm³/mol. The van der Waals surface area contributed by atoms with Crippen molar-refractivity contribution in [3.05, 3.63) is 22.1 Å². The van der Waals surface area contributed by atoms with Gasteiger partial charge in [0.2, 0.25) is 0 Å². The van der Waals surface area contributed by atoms with E-state index in [1.165, 1.54) is 6.07 Å². The molecule has 0 aliphatic carbocycles. The summed E-state index contributed by atoms with van der Waals surface area (Å²) in [4.78, 5) is 28.8. The van der Waals surface area contributed by atoms with Crippen LogP contribution in [0.2, 0.25) is 0 Å². The Bertz CT molecular complexity index is 442. The number of hydrogen-bond acceptors (Lipinski definition) is 4. The van der Waals surface area contributed by atoms with Crippen molar-refractivity contribution in [1.82, 2.24) is 9.97 Å². The maximum absolute atomic E-state index is 11.2. The number of aryl methyl sites for hydroxylation is 1. The summed E-state index contributed by atoms with van der Waals surface area (Å²) in [6, 6.07) is 1.37. The lowest BCUT2D eigenvalue weighted by atomic mass is 10.1. The van der Waals surface area contributed by atoms with Crippen molar-refractivity contribution >= 4 is 17.7 Å². The Hall–Kier alpha value is -1.30. The minimum Gasteiger partial charge on any atom is -0.480 e. The largest absolute Gasteiger partial charge is 0.480 e. The lowest BCUT2D eigenvalue weighted by Gasteiger charge is -2.14. The van der Waals surface area contributed by atoms with Crippen LogP contribution in [0.15, 0.2) is 16.0 Å². The quantitative estimate of drug-likeness (QED) is 0.614. The van der Waals surface area contributed by atoms with Gasteiger partial charge < -0.3 is 10.1 Å². The highest BCUT2D eigenvalue weighted by molar-refractivity contribution is 8.00. The van der Waals surface area contributed by atoms with Crippen LogP contribution in [0, 0.1) is 12.8 Å². The smallest absolute Gasteiger partial charge is 0.317 e. The second-order valence-electron chi connectivity index (χ2n) is 3.81. The van der Waals surface area contributed by atoms with Gasteiger partial charge >= 0.3 is 5.97 Å². The Balaban J connectivity index is 2.93. The number of H-pyrrole nitrogens is 1. The van der Waals surface area contributed by atoms with Crippen LogP contribution < -0.4 is 5.56 Å². The minimum atomic E-state index is -0.899. The molecule has 1 aromatic rings. The van der Waals surface area contributed by atoms with E-state index in [4.69, 9.17) is 5.11 Å². The van der Waals surface area contributed by atoms with Crippen LogP contribution in [0.5, 0.6) is 0 Å². The van der Waals surface area contributed by atoms with Crippen LogP contribution in [0.4, 0.5) is 0 Å². The summed E-state index contributed by atoms with van der Waals surface area (Å²) in [6.45, 7) is 5.34. The molecule has 2 N–H and O–H groups in total. The van der Waals surface area contributed by atoms with Crippen molar-refractivity contribution < 1.29 is 9.90 Å². The number of aliphatic carboxylic acids is 1. The SMILES string of the molecule is Cc1cc(=O)[nH]c(SC(C(=O)O)C(C)C)n1. The number of hydrogen-bond donors (Lipinski definition) is 2. The molecule has 0 bridgehead atoms. The second-order valence-corrected chi connectivity index (χ2v) is 4.94. The summed E-state index contributed by atoms with van der Waals surface area (Å²) in [5, 5.41) is 8.75. The first kappa shape index (κ1) is 12.8. The molecule has 0 aromatic carbocycles. The monoisotopic (exact) mass is 242 g/mol. The maximum atomic E-state index is 11.2. The van der Waals surface area contributed by atoms with Crippen molar-refractivity contribution in [1.29, 1.82) is 0 Å². The fraction of sp³-hybridized carbons (Fsp3) is 0.500. The predicted octanol–water partition coefficient (Wildman–Crippen LogP) is 1.28. The number of carboxylic acids is 1. The zero-order chi connectivity index (χ0) is 12.3. The lowest BCUT2D eigenvalue weighted by molar-refractivity contribution is -0.137. The van der Waals surface area contributed by atoms with E-state index in [-0.39, 0.29) is 11.5 Å². The molecule has 0 fully saturated rings. The fourth-order valence-corrected chi connectivity index (χ4v) is 2.17. The van der Waals surface area contributed by atoms with Crippen LogP contribution >= 0.6 is 11.8 Å². The molecule has 6 heteroatoms. The van der Waals surface area contributed by atoms with Gasteiger partial charge in [0.05, 0.1) is 0 Å². The van der Waals surface area contributed by atoms with Gasteiger partial charge in [0.1, 0.15) is 5.25 Å². The number of carboxylic acid groups (broad SMARTS) is 1. The molecule has 0 aliphatic heterocycles. The third kappa shape index (κ3) is 3.37. The number of aromatic amines is 1. The first-order valence-electron chi connectivity index (χ1n) is 4.87. The number of thioether (sulfide) groups is 1. The highest BCUT2D eigenvalue weighted by atomic mass is 32.2. The Labute approximate surface area is 97.3 Å². The number of nitrogens with one attached hydrogen (secondary N) is 1. The molecule has 1 rings (SSSR count). The van der Waals surface area contributed by atoms with E-state index < -0.39 is 11.2 Å².